The minimum Gasteiger partial charge on any atom is -0.343 e. The second kappa shape index (κ2) is 9.94. The van der Waals surface area contributed by atoms with Gasteiger partial charge < -0.3 is 5.32 Å². The van der Waals surface area contributed by atoms with Crippen molar-refractivity contribution in [1.29, 1.82) is 0 Å². The van der Waals surface area contributed by atoms with Gasteiger partial charge in [0.1, 0.15) is 6.04 Å². The Morgan fingerprint density at radius 3 is 2.12 bits per heavy atom. The first kappa shape index (κ1) is 24.1. The number of nitrogens with one attached hydrogen (secondary N) is 1. The summed E-state index contributed by atoms with van der Waals surface area (Å²) in [5, 5.41) is 3.49. The number of aryl methyl sites for hydroxylation is 1. The number of benzene rings is 3. The number of rotatable bonds is 7. The summed E-state index contributed by atoms with van der Waals surface area (Å²) in [7, 11) is -3.84. The van der Waals surface area contributed by atoms with Crippen molar-refractivity contribution in [1.82, 2.24) is 5.32 Å². The zero-order valence-corrected chi connectivity index (χ0v) is 20.2. The molecule has 8 heteroatoms. The van der Waals surface area contributed by atoms with Crippen molar-refractivity contribution in [2.75, 3.05) is 10.6 Å². The van der Waals surface area contributed by atoms with Crippen LogP contribution < -0.4 is 9.62 Å². The Morgan fingerprint density at radius 1 is 0.938 bits per heavy atom. The van der Waals surface area contributed by atoms with Crippen molar-refractivity contribution >= 4 is 44.8 Å². The summed E-state index contributed by atoms with van der Waals surface area (Å²) in [5.74, 6) is -0.471. The van der Waals surface area contributed by atoms with Gasteiger partial charge in [-0.1, -0.05) is 83.4 Å². The monoisotopic (exact) mass is 490 g/mol. The summed E-state index contributed by atoms with van der Waals surface area (Å²) in [4.78, 5) is 13.3. The highest BCUT2D eigenvalue weighted by Crippen LogP contribution is 2.32. The summed E-state index contributed by atoms with van der Waals surface area (Å²) in [6, 6.07) is 20.3. The zero-order chi connectivity index (χ0) is 23.5. The molecule has 0 aliphatic heterocycles. The van der Waals surface area contributed by atoms with E-state index in [1.54, 1.807) is 6.07 Å². The lowest BCUT2D eigenvalue weighted by Gasteiger charge is -2.30. The molecule has 1 amide bonds. The molecule has 0 aromatic heterocycles. The van der Waals surface area contributed by atoms with Crippen LogP contribution in [0.2, 0.25) is 10.0 Å². The second-order valence-corrected chi connectivity index (χ2v) is 10.3. The van der Waals surface area contributed by atoms with Gasteiger partial charge in [-0.15, -0.1) is 0 Å². The SMILES string of the molecule is Cc1ccc(C(NC(=O)C(C)N(c2cc(Cl)ccc2Cl)S(C)(=O)=O)c2ccccc2)cc1. The Hall–Kier alpha value is -2.54. The molecule has 0 fully saturated rings. The molecule has 2 unspecified atom stereocenters. The van der Waals surface area contributed by atoms with Gasteiger partial charge in [-0.3, -0.25) is 9.10 Å². The number of carbonyl (C=O) groups excluding carboxylic acids is 1. The van der Waals surface area contributed by atoms with E-state index in [9.17, 15) is 13.2 Å². The first-order valence-corrected chi connectivity index (χ1v) is 12.5. The van der Waals surface area contributed by atoms with Gasteiger partial charge in [-0.05, 0) is 43.2 Å². The lowest BCUT2D eigenvalue weighted by Crippen LogP contribution is -2.49. The van der Waals surface area contributed by atoms with Gasteiger partial charge in [-0.2, -0.15) is 0 Å². The van der Waals surface area contributed by atoms with Crippen LogP contribution in [0.5, 0.6) is 0 Å². The molecule has 3 aromatic rings. The fourth-order valence-electron chi connectivity index (χ4n) is 3.46. The van der Waals surface area contributed by atoms with Crippen LogP contribution in [-0.4, -0.2) is 26.6 Å². The van der Waals surface area contributed by atoms with E-state index in [4.69, 9.17) is 23.2 Å². The molecular formula is C24H24Cl2N2O3S. The molecule has 0 bridgehead atoms. The van der Waals surface area contributed by atoms with Gasteiger partial charge in [0.05, 0.1) is 23.0 Å². The highest BCUT2D eigenvalue weighted by atomic mass is 35.5. The quantitative estimate of drug-likeness (QED) is 0.484. The second-order valence-electron chi connectivity index (χ2n) is 7.59. The van der Waals surface area contributed by atoms with E-state index in [0.29, 0.717) is 5.02 Å². The molecule has 3 aromatic carbocycles. The fourth-order valence-corrected chi connectivity index (χ4v) is 5.07. The summed E-state index contributed by atoms with van der Waals surface area (Å²) < 4.78 is 26.3. The van der Waals surface area contributed by atoms with E-state index in [1.807, 2.05) is 61.5 Å². The van der Waals surface area contributed by atoms with Crippen molar-refractivity contribution in [3.8, 4) is 0 Å². The molecule has 0 aliphatic carbocycles. The first-order chi connectivity index (χ1) is 15.1. The molecule has 0 saturated carbocycles. The molecule has 0 aliphatic rings. The van der Waals surface area contributed by atoms with E-state index in [2.05, 4.69) is 5.32 Å². The summed E-state index contributed by atoms with van der Waals surface area (Å²) in [6.45, 7) is 3.51. The Labute approximate surface area is 199 Å². The molecule has 0 heterocycles. The zero-order valence-electron chi connectivity index (χ0n) is 17.9. The molecule has 2 atom stereocenters. The maximum atomic E-state index is 13.3. The van der Waals surface area contributed by atoms with Crippen molar-refractivity contribution in [3.05, 3.63) is 99.5 Å². The predicted molar refractivity (Wildman–Crippen MR) is 131 cm³/mol. The van der Waals surface area contributed by atoms with Crippen LogP contribution in [0.15, 0.2) is 72.8 Å². The van der Waals surface area contributed by atoms with E-state index < -0.39 is 28.0 Å². The lowest BCUT2D eigenvalue weighted by atomic mass is 9.97. The average molecular weight is 491 g/mol. The Bertz CT molecular complexity index is 1200. The summed E-state index contributed by atoms with van der Waals surface area (Å²) in [5.41, 5.74) is 3.01. The summed E-state index contributed by atoms with van der Waals surface area (Å²) in [6.07, 6.45) is 1.03. The third kappa shape index (κ3) is 5.63. The number of nitrogens with zero attached hydrogens (tertiary/aromatic N) is 1. The highest BCUT2D eigenvalue weighted by molar-refractivity contribution is 7.92. The molecule has 0 saturated heterocycles. The lowest BCUT2D eigenvalue weighted by molar-refractivity contribution is -0.122. The summed E-state index contributed by atoms with van der Waals surface area (Å²) >= 11 is 12.3. The average Bonchev–Trinajstić information content (AvgIpc) is 2.75. The minimum absolute atomic E-state index is 0.149. The number of hydrogen-bond acceptors (Lipinski definition) is 3. The van der Waals surface area contributed by atoms with Gasteiger partial charge in [-0.25, -0.2) is 8.42 Å². The maximum absolute atomic E-state index is 13.3. The van der Waals surface area contributed by atoms with Crippen LogP contribution >= 0.6 is 23.2 Å². The molecule has 168 valence electrons. The van der Waals surface area contributed by atoms with Crippen LogP contribution in [0.25, 0.3) is 0 Å². The van der Waals surface area contributed by atoms with Gasteiger partial charge in [0.15, 0.2) is 0 Å². The fraction of sp³-hybridized carbons (Fsp3) is 0.208. The Kier molecular flexibility index (Phi) is 7.49. The Balaban J connectivity index is 1.98. The molecule has 5 nitrogen and oxygen atoms in total. The smallest absolute Gasteiger partial charge is 0.244 e. The van der Waals surface area contributed by atoms with Gasteiger partial charge >= 0.3 is 0 Å². The molecule has 3 rings (SSSR count). The number of amides is 1. The number of sulfonamides is 1. The highest BCUT2D eigenvalue weighted by Gasteiger charge is 2.32. The molecule has 0 spiro atoms. The van der Waals surface area contributed by atoms with Crippen molar-refractivity contribution in [2.45, 2.75) is 25.9 Å². The third-order valence-corrected chi connectivity index (χ3v) is 6.85. The first-order valence-electron chi connectivity index (χ1n) is 9.94. The van der Waals surface area contributed by atoms with E-state index in [1.165, 1.54) is 19.1 Å². The Morgan fingerprint density at radius 2 is 1.53 bits per heavy atom. The standard InChI is InChI=1S/C24H24Cl2N2O3S/c1-16-9-11-19(12-10-16)23(18-7-5-4-6-8-18)27-24(29)17(2)28(32(3,30)31)22-15-20(25)13-14-21(22)26/h4-15,17,23H,1-3H3,(H,27,29). The third-order valence-electron chi connectivity index (χ3n) is 5.06. The van der Waals surface area contributed by atoms with Crippen molar-refractivity contribution < 1.29 is 13.2 Å². The number of hydrogen-bond donors (Lipinski definition) is 1. The van der Waals surface area contributed by atoms with Crippen LogP contribution in [-0.2, 0) is 14.8 Å². The van der Waals surface area contributed by atoms with Crippen LogP contribution in [0, 0.1) is 6.92 Å². The molecule has 1 N–H and O–H groups in total. The topological polar surface area (TPSA) is 66.5 Å². The van der Waals surface area contributed by atoms with Crippen LogP contribution in [0.4, 0.5) is 5.69 Å². The van der Waals surface area contributed by atoms with Gasteiger partial charge in [0, 0.05) is 5.02 Å². The number of carbonyl (C=O) groups is 1. The van der Waals surface area contributed by atoms with Crippen LogP contribution in [0.1, 0.15) is 29.7 Å². The number of halogens is 2. The van der Waals surface area contributed by atoms with E-state index in [0.717, 1.165) is 27.3 Å². The van der Waals surface area contributed by atoms with E-state index in [-0.39, 0.29) is 10.7 Å². The van der Waals surface area contributed by atoms with Gasteiger partial charge in [0.2, 0.25) is 15.9 Å². The molecular weight excluding hydrogens is 467 g/mol. The van der Waals surface area contributed by atoms with E-state index >= 15 is 0 Å². The molecule has 32 heavy (non-hydrogen) atoms. The largest absolute Gasteiger partial charge is 0.343 e. The minimum atomic E-state index is -3.84. The normalized spacial score (nSPS) is 13.3. The van der Waals surface area contributed by atoms with Crippen LogP contribution in [0.3, 0.4) is 0 Å². The predicted octanol–water partition coefficient (Wildman–Crippen LogP) is 5.36. The van der Waals surface area contributed by atoms with Crippen molar-refractivity contribution in [3.63, 3.8) is 0 Å². The molecule has 0 radical (unpaired) electrons. The van der Waals surface area contributed by atoms with Crippen molar-refractivity contribution in [2.24, 2.45) is 0 Å². The maximum Gasteiger partial charge on any atom is 0.244 e. The number of anilines is 1. The van der Waals surface area contributed by atoms with Gasteiger partial charge in [0.25, 0.3) is 0 Å².